The van der Waals surface area contributed by atoms with Gasteiger partial charge >= 0.3 is 0 Å². The molecule has 418 valence electrons. The van der Waals surface area contributed by atoms with Crippen LogP contribution >= 0.6 is 0 Å². The second kappa shape index (κ2) is 35.0. The fraction of sp³-hybridized carbons (Fsp3) is 0.898. The van der Waals surface area contributed by atoms with Gasteiger partial charge in [0.2, 0.25) is 0 Å². The van der Waals surface area contributed by atoms with Crippen molar-refractivity contribution in [2.24, 2.45) is 38.4 Å². The Morgan fingerprint density at radius 2 is 0.958 bits per heavy atom. The number of aliphatic hydroxyl groups is 1. The van der Waals surface area contributed by atoms with Gasteiger partial charge in [-0.05, 0) is 82.8 Å². The quantitative estimate of drug-likeness (QED) is 0.0951. The lowest BCUT2D eigenvalue weighted by Crippen LogP contribution is -2.46. The molecule has 7 aliphatic rings. The summed E-state index contributed by atoms with van der Waals surface area (Å²) < 4.78 is 59.1. The molecule has 12 heteroatoms. The summed E-state index contributed by atoms with van der Waals surface area (Å²) in [6.07, 6.45) is 19.3. The number of aliphatic hydroxyl groups excluding tert-OH is 1. The Morgan fingerprint density at radius 3 is 1.30 bits per heavy atom. The van der Waals surface area contributed by atoms with Crippen LogP contribution in [0.25, 0.3) is 0 Å². The van der Waals surface area contributed by atoms with E-state index in [1.165, 1.54) is 83.5 Å². The molecule has 1 aromatic rings. The normalized spacial score (nSPS) is 22.5. The van der Waals surface area contributed by atoms with Gasteiger partial charge in [0.15, 0.2) is 0 Å². The van der Waals surface area contributed by atoms with Gasteiger partial charge in [-0.3, -0.25) is 0 Å². The summed E-state index contributed by atoms with van der Waals surface area (Å²) >= 11 is 0. The van der Waals surface area contributed by atoms with Crippen molar-refractivity contribution in [3.8, 4) is 5.75 Å². The van der Waals surface area contributed by atoms with Crippen LogP contribution in [-0.2, 0) is 47.4 Å². The summed E-state index contributed by atoms with van der Waals surface area (Å²) in [4.78, 5) is 0. The molecule has 0 bridgehead atoms. The lowest BCUT2D eigenvalue weighted by molar-refractivity contribution is -0.163. The predicted octanol–water partition coefficient (Wildman–Crippen LogP) is 12.1. The smallest absolute Gasteiger partial charge is 0.119 e. The fourth-order valence-electron chi connectivity index (χ4n) is 8.94. The molecular formula is C59H110O12. The van der Waals surface area contributed by atoms with Crippen molar-refractivity contribution in [2.45, 2.75) is 165 Å². The molecule has 6 saturated heterocycles. The summed E-state index contributed by atoms with van der Waals surface area (Å²) in [5, 5.41) is 8.76. The van der Waals surface area contributed by atoms with E-state index in [1.54, 1.807) is 7.11 Å². The molecule has 1 aliphatic carbocycles. The second-order valence-corrected chi connectivity index (χ2v) is 22.4. The monoisotopic (exact) mass is 1010 g/mol. The number of hydrogen-bond donors (Lipinski definition) is 1. The third-order valence-corrected chi connectivity index (χ3v) is 16.6. The van der Waals surface area contributed by atoms with Crippen molar-refractivity contribution < 1.29 is 58.6 Å². The lowest BCUT2D eigenvalue weighted by Gasteiger charge is -2.41. The molecule has 1 N–H and O–H groups in total. The zero-order valence-corrected chi connectivity index (χ0v) is 47.2. The SMILES string of the molecule is CCC1(CO)COC1.CCC1(COC)COC1.CCC1(COC2CCCCC2)COC1.CCC1(COc2ccccc2)COC1.CCCCC(CC)COCC1(CC)COC1.CCOCC1(CC)COC1.[HH]. The Bertz CT molecular complexity index is 1380. The van der Waals surface area contributed by atoms with E-state index in [0.717, 1.165) is 150 Å². The van der Waals surface area contributed by atoms with Crippen LogP contribution in [0.5, 0.6) is 5.75 Å². The Kier molecular flexibility index (Phi) is 31.5. The number of para-hydroxylation sites is 1. The van der Waals surface area contributed by atoms with E-state index in [1.807, 2.05) is 37.3 Å². The van der Waals surface area contributed by atoms with E-state index in [9.17, 15) is 0 Å². The van der Waals surface area contributed by atoms with Gasteiger partial charge in [0, 0.05) is 48.8 Å². The van der Waals surface area contributed by atoms with Crippen LogP contribution < -0.4 is 4.74 Å². The van der Waals surface area contributed by atoms with Crippen LogP contribution in [-0.4, -0.2) is 150 Å². The predicted molar refractivity (Wildman–Crippen MR) is 288 cm³/mol. The molecule has 0 aromatic heterocycles. The summed E-state index contributed by atoms with van der Waals surface area (Å²) in [7, 11) is 1.75. The van der Waals surface area contributed by atoms with Crippen LogP contribution in [0, 0.1) is 38.4 Å². The van der Waals surface area contributed by atoms with Crippen molar-refractivity contribution in [1.82, 2.24) is 0 Å². The van der Waals surface area contributed by atoms with Gasteiger partial charge in [0.05, 0.1) is 130 Å². The summed E-state index contributed by atoms with van der Waals surface area (Å²) in [5.41, 5.74) is 1.88. The van der Waals surface area contributed by atoms with E-state index in [4.69, 9.17) is 57.2 Å². The van der Waals surface area contributed by atoms with E-state index in [2.05, 4.69) is 55.4 Å². The van der Waals surface area contributed by atoms with Gasteiger partial charge in [-0.25, -0.2) is 0 Å². The van der Waals surface area contributed by atoms with Crippen molar-refractivity contribution in [3.05, 3.63) is 30.3 Å². The maximum absolute atomic E-state index is 8.76. The number of methoxy groups -OCH3 is 1. The first-order valence-corrected chi connectivity index (χ1v) is 28.5. The number of rotatable bonds is 26. The molecule has 1 unspecified atom stereocenters. The van der Waals surface area contributed by atoms with Crippen LogP contribution in [0.3, 0.4) is 0 Å². The fourth-order valence-corrected chi connectivity index (χ4v) is 8.94. The highest BCUT2D eigenvalue weighted by Gasteiger charge is 2.40. The minimum Gasteiger partial charge on any atom is -0.493 e. The molecule has 1 saturated carbocycles. The van der Waals surface area contributed by atoms with Crippen LogP contribution in [0.4, 0.5) is 0 Å². The number of hydrogen-bond acceptors (Lipinski definition) is 12. The maximum atomic E-state index is 8.76. The molecule has 7 fully saturated rings. The molecule has 12 nitrogen and oxygen atoms in total. The number of unbranched alkanes of at least 4 members (excludes halogenated alkanes) is 1. The van der Waals surface area contributed by atoms with Gasteiger partial charge in [0.1, 0.15) is 5.75 Å². The van der Waals surface area contributed by atoms with Gasteiger partial charge < -0.3 is 57.2 Å². The molecule has 0 amide bonds. The average Bonchev–Trinajstić information content (AvgIpc) is 3.33. The summed E-state index contributed by atoms with van der Waals surface area (Å²) in [6.45, 7) is 36.4. The topological polar surface area (TPSA) is 122 Å². The average molecular weight is 1010 g/mol. The van der Waals surface area contributed by atoms with E-state index >= 15 is 0 Å². The molecule has 6 aliphatic heterocycles. The van der Waals surface area contributed by atoms with Crippen molar-refractivity contribution in [2.75, 3.05) is 139 Å². The third-order valence-electron chi connectivity index (χ3n) is 16.6. The first kappa shape index (κ1) is 63.9. The zero-order valence-electron chi connectivity index (χ0n) is 47.2. The van der Waals surface area contributed by atoms with Crippen molar-refractivity contribution in [1.29, 1.82) is 0 Å². The van der Waals surface area contributed by atoms with Gasteiger partial charge in [-0.1, -0.05) is 112 Å². The first-order chi connectivity index (χ1) is 34.4. The summed E-state index contributed by atoms with van der Waals surface area (Å²) in [6, 6.07) is 9.96. The zero-order chi connectivity index (χ0) is 51.8. The lowest BCUT2D eigenvalue weighted by atomic mass is 9.84. The van der Waals surface area contributed by atoms with Gasteiger partial charge in [0.25, 0.3) is 0 Å². The molecule has 0 radical (unpaired) electrons. The van der Waals surface area contributed by atoms with Crippen LogP contribution in [0.2, 0.25) is 0 Å². The van der Waals surface area contributed by atoms with Crippen LogP contribution in [0.1, 0.15) is 160 Å². The Labute approximate surface area is 435 Å². The highest BCUT2D eigenvalue weighted by atomic mass is 16.5. The molecular weight excluding hydrogens is 901 g/mol. The van der Waals surface area contributed by atoms with E-state index in [-0.39, 0.29) is 18.9 Å². The van der Waals surface area contributed by atoms with Crippen molar-refractivity contribution in [3.63, 3.8) is 0 Å². The molecule has 1 aromatic carbocycles. The molecule has 8 rings (SSSR count). The molecule has 1 atom stereocenters. The van der Waals surface area contributed by atoms with E-state index in [0.29, 0.717) is 27.8 Å². The van der Waals surface area contributed by atoms with Gasteiger partial charge in [-0.2, -0.15) is 0 Å². The van der Waals surface area contributed by atoms with Gasteiger partial charge in [-0.15, -0.1) is 0 Å². The minimum absolute atomic E-state index is 0. The summed E-state index contributed by atoms with van der Waals surface area (Å²) in [5.74, 6) is 1.71. The number of benzene rings is 1. The Morgan fingerprint density at radius 1 is 0.535 bits per heavy atom. The molecule has 0 spiro atoms. The second-order valence-electron chi connectivity index (χ2n) is 22.4. The third kappa shape index (κ3) is 22.0. The molecule has 71 heavy (non-hydrogen) atoms. The highest BCUT2D eigenvalue weighted by molar-refractivity contribution is 5.21. The number of ether oxygens (including phenoxy) is 11. The van der Waals surface area contributed by atoms with Crippen molar-refractivity contribution >= 4 is 0 Å². The minimum atomic E-state index is 0. The van der Waals surface area contributed by atoms with E-state index < -0.39 is 0 Å². The Balaban J connectivity index is 0.000000300. The Hall–Kier alpha value is -1.42. The maximum Gasteiger partial charge on any atom is 0.119 e. The highest BCUT2D eigenvalue weighted by Crippen LogP contribution is 2.36. The standard InChI is InChI=1S/C14H28O2.C12H22O2.C12H16O2.C8H16O2.C7H14O2.C6H12O2.H2/c1-4-7-8-13(5-2)9-15-10-14(6-3)11-16-12-14;2*1-2-12(8-13-9-12)10-14-11-6-4-3-5-7-11;1-3-8(5-9-4-2)6-10-7-8;1-3-7(4-8-2)5-9-6-7;1-2-6(3-7)4-8-5-6;/h13H,4-12H2,1-3H3;11H,2-10H2,1H3;3-7H,2,8-10H2,1H3;3-7H2,1-2H3;3-6H2,1-2H3;7H,2-5H2,1H3;1H. The largest absolute Gasteiger partial charge is 0.493 e. The van der Waals surface area contributed by atoms with Crippen LogP contribution in [0.15, 0.2) is 30.3 Å². The molecule has 6 heterocycles. The first-order valence-electron chi connectivity index (χ1n) is 28.5.